The van der Waals surface area contributed by atoms with Crippen LogP contribution in [0.4, 0.5) is 5.82 Å². The number of nitrogens with one attached hydrogen (secondary N) is 1. The van der Waals surface area contributed by atoms with Crippen LogP contribution in [0.3, 0.4) is 0 Å². The van der Waals surface area contributed by atoms with Crippen molar-refractivity contribution in [1.82, 2.24) is 15.3 Å². The van der Waals surface area contributed by atoms with Crippen LogP contribution < -0.4 is 15.0 Å². The van der Waals surface area contributed by atoms with Crippen molar-refractivity contribution < 1.29 is 4.74 Å². The molecule has 5 heteroatoms. The molecule has 1 aliphatic rings. The number of ether oxygens (including phenoxy) is 1. The highest BCUT2D eigenvalue weighted by molar-refractivity contribution is 5.39. The third kappa shape index (κ3) is 3.80. The Morgan fingerprint density at radius 3 is 2.89 bits per heavy atom. The maximum Gasteiger partial charge on any atom is 0.233 e. The molecular weight excluding hydrogens is 240 g/mol. The summed E-state index contributed by atoms with van der Waals surface area (Å²) in [5.74, 6) is 1.46. The molecule has 2 rings (SSSR count). The number of hydrogen-bond donors (Lipinski definition) is 1. The molecule has 0 saturated carbocycles. The van der Waals surface area contributed by atoms with Crippen LogP contribution in [0.15, 0.2) is 12.4 Å². The van der Waals surface area contributed by atoms with E-state index < -0.39 is 0 Å². The predicted octanol–water partition coefficient (Wildman–Crippen LogP) is 1.84. The number of aromatic nitrogens is 2. The van der Waals surface area contributed by atoms with Gasteiger partial charge in [-0.2, -0.15) is 4.98 Å². The molecule has 19 heavy (non-hydrogen) atoms. The van der Waals surface area contributed by atoms with E-state index in [1.807, 2.05) is 6.20 Å². The molecule has 0 aromatic carbocycles. The minimum Gasteiger partial charge on any atom is -0.480 e. The number of hydrogen-bond acceptors (Lipinski definition) is 5. The number of piperidine rings is 1. The smallest absolute Gasteiger partial charge is 0.233 e. The quantitative estimate of drug-likeness (QED) is 0.879. The molecule has 2 heterocycles. The number of anilines is 1. The minimum atomic E-state index is 0.394. The number of rotatable bonds is 5. The van der Waals surface area contributed by atoms with Crippen molar-refractivity contribution in [3.63, 3.8) is 0 Å². The van der Waals surface area contributed by atoms with E-state index >= 15 is 0 Å². The third-order valence-corrected chi connectivity index (χ3v) is 3.56. The molecule has 1 saturated heterocycles. The van der Waals surface area contributed by atoms with Crippen LogP contribution in [0.5, 0.6) is 5.88 Å². The van der Waals surface area contributed by atoms with Crippen LogP contribution in [-0.2, 0) is 0 Å². The Morgan fingerprint density at radius 2 is 2.26 bits per heavy atom. The van der Waals surface area contributed by atoms with Crippen molar-refractivity contribution in [2.45, 2.75) is 45.2 Å². The third-order valence-electron chi connectivity index (χ3n) is 3.56. The van der Waals surface area contributed by atoms with Gasteiger partial charge in [0.1, 0.15) is 0 Å². The highest BCUT2D eigenvalue weighted by Crippen LogP contribution is 2.18. The van der Waals surface area contributed by atoms with Crippen molar-refractivity contribution in [1.29, 1.82) is 0 Å². The molecule has 5 nitrogen and oxygen atoms in total. The first-order valence-electron chi connectivity index (χ1n) is 7.06. The summed E-state index contributed by atoms with van der Waals surface area (Å²) < 4.78 is 5.16. The SMILES string of the molecule is COc1cncc(N(CC2CCCCN2)C(C)C)n1. The highest BCUT2D eigenvalue weighted by atomic mass is 16.5. The van der Waals surface area contributed by atoms with E-state index in [-0.39, 0.29) is 0 Å². The standard InChI is InChI=1S/C14H24N4O/c1-11(2)18(10-12-6-4-5-7-16-12)13-8-15-9-14(17-13)19-3/h8-9,11-12,16H,4-7,10H2,1-3H3. The second-order valence-electron chi connectivity index (χ2n) is 5.31. The van der Waals surface area contributed by atoms with Gasteiger partial charge in [-0.1, -0.05) is 6.42 Å². The van der Waals surface area contributed by atoms with Crippen LogP contribution in [0, 0.1) is 0 Å². The molecule has 1 atom stereocenters. The van der Waals surface area contributed by atoms with E-state index in [0.717, 1.165) is 18.9 Å². The molecular formula is C14H24N4O. The van der Waals surface area contributed by atoms with Crippen molar-refractivity contribution in [3.05, 3.63) is 12.4 Å². The van der Waals surface area contributed by atoms with Crippen LogP contribution in [-0.4, -0.2) is 42.3 Å². The molecule has 0 aliphatic carbocycles. The van der Waals surface area contributed by atoms with Crippen LogP contribution in [0.1, 0.15) is 33.1 Å². The van der Waals surface area contributed by atoms with Gasteiger partial charge in [-0.05, 0) is 33.2 Å². The minimum absolute atomic E-state index is 0.394. The van der Waals surface area contributed by atoms with Gasteiger partial charge in [0, 0.05) is 18.6 Å². The number of methoxy groups -OCH3 is 1. The van der Waals surface area contributed by atoms with Crippen molar-refractivity contribution in [3.8, 4) is 5.88 Å². The molecule has 106 valence electrons. The summed E-state index contributed by atoms with van der Waals surface area (Å²) >= 11 is 0. The summed E-state index contributed by atoms with van der Waals surface area (Å²) in [4.78, 5) is 11.0. The largest absolute Gasteiger partial charge is 0.480 e. The summed E-state index contributed by atoms with van der Waals surface area (Å²) in [5.41, 5.74) is 0. The normalized spacial score (nSPS) is 19.5. The van der Waals surface area contributed by atoms with E-state index in [1.54, 1.807) is 13.3 Å². The van der Waals surface area contributed by atoms with E-state index in [1.165, 1.54) is 19.3 Å². The summed E-state index contributed by atoms with van der Waals surface area (Å²) in [6, 6.07) is 0.939. The predicted molar refractivity (Wildman–Crippen MR) is 76.7 cm³/mol. The van der Waals surface area contributed by atoms with E-state index in [4.69, 9.17) is 4.74 Å². The lowest BCUT2D eigenvalue weighted by molar-refractivity contribution is 0.385. The molecule has 1 aromatic heterocycles. The maximum absolute atomic E-state index is 5.16. The maximum atomic E-state index is 5.16. The van der Waals surface area contributed by atoms with Crippen molar-refractivity contribution in [2.24, 2.45) is 0 Å². The first-order valence-corrected chi connectivity index (χ1v) is 7.06. The van der Waals surface area contributed by atoms with Crippen molar-refractivity contribution >= 4 is 5.82 Å². The summed E-state index contributed by atoms with van der Waals surface area (Å²) in [6.45, 7) is 6.47. The lowest BCUT2D eigenvalue weighted by Gasteiger charge is -2.33. The van der Waals surface area contributed by atoms with Crippen LogP contribution >= 0.6 is 0 Å². The first kappa shape index (κ1) is 14.1. The van der Waals surface area contributed by atoms with E-state index in [2.05, 4.69) is 34.0 Å². The highest BCUT2D eigenvalue weighted by Gasteiger charge is 2.20. The number of nitrogens with zero attached hydrogens (tertiary/aromatic N) is 3. The molecule has 1 unspecified atom stereocenters. The van der Waals surface area contributed by atoms with Gasteiger partial charge in [0.2, 0.25) is 5.88 Å². The van der Waals surface area contributed by atoms with Crippen molar-refractivity contribution in [2.75, 3.05) is 25.1 Å². The molecule has 0 amide bonds. The van der Waals surface area contributed by atoms with Gasteiger partial charge in [0.05, 0.1) is 19.5 Å². The Hall–Kier alpha value is -1.36. The second kappa shape index (κ2) is 6.70. The van der Waals surface area contributed by atoms with Gasteiger partial charge >= 0.3 is 0 Å². The van der Waals surface area contributed by atoms with Gasteiger partial charge in [-0.25, -0.2) is 0 Å². The lowest BCUT2D eigenvalue weighted by atomic mass is 10.0. The molecule has 1 N–H and O–H groups in total. The van der Waals surface area contributed by atoms with Gasteiger partial charge in [0.25, 0.3) is 0 Å². The zero-order valence-electron chi connectivity index (χ0n) is 12.1. The van der Waals surface area contributed by atoms with Gasteiger partial charge < -0.3 is 15.0 Å². The molecule has 0 bridgehead atoms. The Bertz CT molecular complexity index is 391. The van der Waals surface area contributed by atoms with Crippen LogP contribution in [0.2, 0.25) is 0 Å². The van der Waals surface area contributed by atoms with Gasteiger partial charge in [0.15, 0.2) is 5.82 Å². The molecule has 1 aliphatic heterocycles. The van der Waals surface area contributed by atoms with Crippen LogP contribution in [0.25, 0.3) is 0 Å². The summed E-state index contributed by atoms with van der Waals surface area (Å²) in [7, 11) is 1.62. The zero-order chi connectivity index (χ0) is 13.7. The fourth-order valence-electron chi connectivity index (χ4n) is 2.46. The fraction of sp³-hybridized carbons (Fsp3) is 0.714. The molecule has 0 spiro atoms. The molecule has 1 aromatic rings. The summed E-state index contributed by atoms with van der Waals surface area (Å²) in [5, 5.41) is 3.58. The lowest BCUT2D eigenvalue weighted by Crippen LogP contribution is -2.46. The van der Waals surface area contributed by atoms with E-state index in [0.29, 0.717) is 18.0 Å². The fourth-order valence-corrected chi connectivity index (χ4v) is 2.46. The molecule has 0 radical (unpaired) electrons. The van der Waals surface area contributed by atoms with Gasteiger partial charge in [-0.15, -0.1) is 0 Å². The Morgan fingerprint density at radius 1 is 1.42 bits per heavy atom. The molecule has 1 fully saturated rings. The average Bonchev–Trinajstić information content (AvgIpc) is 2.45. The first-order chi connectivity index (χ1) is 9.20. The topological polar surface area (TPSA) is 50.3 Å². The average molecular weight is 264 g/mol. The zero-order valence-corrected chi connectivity index (χ0v) is 12.1. The second-order valence-corrected chi connectivity index (χ2v) is 5.31. The monoisotopic (exact) mass is 264 g/mol. The van der Waals surface area contributed by atoms with E-state index in [9.17, 15) is 0 Å². The Kier molecular flexibility index (Phi) is 4.96. The van der Waals surface area contributed by atoms with Gasteiger partial charge in [-0.3, -0.25) is 4.98 Å². The Balaban J connectivity index is 2.09. The summed E-state index contributed by atoms with van der Waals surface area (Å²) in [6.07, 6.45) is 7.29. The Labute approximate surface area is 115 Å².